The molecule has 180 valence electrons. The van der Waals surface area contributed by atoms with E-state index in [1.54, 1.807) is 6.92 Å². The summed E-state index contributed by atoms with van der Waals surface area (Å²) in [5.41, 5.74) is 0. The fourth-order valence-corrected chi connectivity index (χ4v) is 8.39. The number of amides is 1. The van der Waals surface area contributed by atoms with Crippen LogP contribution in [-0.2, 0) is 14.3 Å². The lowest BCUT2D eigenvalue weighted by Gasteiger charge is -2.52. The van der Waals surface area contributed by atoms with E-state index in [1.807, 2.05) is 0 Å². The van der Waals surface area contributed by atoms with Gasteiger partial charge >= 0.3 is 12.1 Å². The van der Waals surface area contributed by atoms with Crippen LogP contribution in [0.3, 0.4) is 0 Å². The van der Waals surface area contributed by atoms with Crippen LogP contribution in [0.1, 0.15) is 77.6 Å². The van der Waals surface area contributed by atoms with Gasteiger partial charge in [0.1, 0.15) is 12.7 Å². The van der Waals surface area contributed by atoms with Crippen molar-refractivity contribution in [2.24, 2.45) is 35.5 Å². The van der Waals surface area contributed by atoms with Gasteiger partial charge in [0.05, 0.1) is 0 Å². The summed E-state index contributed by atoms with van der Waals surface area (Å²) in [6, 6.07) is 0.281. The first-order valence-electron chi connectivity index (χ1n) is 13.4. The molecule has 8 atom stereocenters. The molecule has 5 rings (SSSR count). The van der Waals surface area contributed by atoms with Gasteiger partial charge in [-0.25, -0.2) is 4.79 Å². The molecular weight excluding hydrogens is 404 g/mol. The minimum absolute atomic E-state index is 0.116. The lowest BCUT2D eigenvalue weighted by molar-refractivity contribution is -0.146. The van der Waals surface area contributed by atoms with Crippen LogP contribution < -0.4 is 5.32 Å². The number of rotatable bonds is 5. The van der Waals surface area contributed by atoms with Gasteiger partial charge in [-0.2, -0.15) is 0 Å². The number of ether oxygens (including phenoxy) is 2. The number of carbonyl (C=O) groups excluding carboxylic acids is 2. The number of likely N-dealkylation sites (tertiary alicyclic amines) is 1. The van der Waals surface area contributed by atoms with E-state index in [1.165, 1.54) is 44.9 Å². The fraction of sp³-hybridized carbons (Fsp3) is 0.923. The minimum Gasteiger partial charge on any atom is -0.463 e. The Balaban J connectivity index is 1.08. The summed E-state index contributed by atoms with van der Waals surface area (Å²) in [6.45, 7) is 5.21. The van der Waals surface area contributed by atoms with E-state index in [0.717, 1.165) is 80.8 Å². The molecule has 32 heavy (non-hydrogen) atoms. The van der Waals surface area contributed by atoms with Crippen molar-refractivity contribution in [1.29, 1.82) is 0 Å². The number of alkyl carbamates (subject to hydrolysis) is 1. The van der Waals surface area contributed by atoms with Crippen molar-refractivity contribution in [3.8, 4) is 0 Å². The fourth-order valence-electron chi connectivity index (χ4n) is 8.39. The predicted octanol–water partition coefficient (Wildman–Crippen LogP) is 4.37. The molecule has 1 N–H and O–H groups in total. The summed E-state index contributed by atoms with van der Waals surface area (Å²) < 4.78 is 11.1. The molecule has 0 bridgehead atoms. The molecule has 4 aliphatic carbocycles. The van der Waals surface area contributed by atoms with E-state index in [9.17, 15) is 9.59 Å². The topological polar surface area (TPSA) is 67.9 Å². The Labute approximate surface area is 193 Å². The van der Waals surface area contributed by atoms with Crippen molar-refractivity contribution < 1.29 is 19.1 Å². The summed E-state index contributed by atoms with van der Waals surface area (Å²) in [6.07, 6.45) is 13.4. The number of hydrogen-bond acceptors (Lipinski definition) is 5. The minimum atomic E-state index is -0.218. The number of nitrogens with one attached hydrogen (secondary N) is 1. The molecule has 8 unspecified atom stereocenters. The normalized spacial score (nSPS) is 41.3. The Morgan fingerprint density at radius 3 is 2.28 bits per heavy atom. The molecule has 4 saturated carbocycles. The third kappa shape index (κ3) is 4.95. The van der Waals surface area contributed by atoms with Crippen molar-refractivity contribution in [1.82, 2.24) is 10.2 Å². The van der Waals surface area contributed by atoms with Crippen molar-refractivity contribution in [2.45, 2.75) is 89.7 Å². The van der Waals surface area contributed by atoms with Gasteiger partial charge in [0.15, 0.2) is 0 Å². The zero-order valence-electron chi connectivity index (χ0n) is 19.8. The number of carbonyl (C=O) groups is 2. The molecule has 1 heterocycles. The molecule has 1 saturated heterocycles. The third-order valence-corrected chi connectivity index (χ3v) is 9.63. The zero-order chi connectivity index (χ0) is 22.1. The van der Waals surface area contributed by atoms with E-state index in [2.05, 4.69) is 10.2 Å². The molecule has 0 aromatic heterocycles. The first-order chi connectivity index (χ1) is 15.6. The third-order valence-electron chi connectivity index (χ3n) is 9.63. The maximum Gasteiger partial charge on any atom is 0.407 e. The second-order valence-electron chi connectivity index (χ2n) is 11.4. The van der Waals surface area contributed by atoms with Crippen LogP contribution in [0, 0.1) is 35.5 Å². The average molecular weight is 447 g/mol. The lowest BCUT2D eigenvalue weighted by atomic mass is 9.53. The zero-order valence-corrected chi connectivity index (χ0v) is 19.8. The van der Waals surface area contributed by atoms with E-state index < -0.39 is 0 Å². The first-order valence-corrected chi connectivity index (χ1v) is 13.4. The average Bonchev–Trinajstić information content (AvgIpc) is 3.42. The second-order valence-corrected chi connectivity index (χ2v) is 11.4. The van der Waals surface area contributed by atoms with Crippen molar-refractivity contribution in [2.75, 3.05) is 26.2 Å². The van der Waals surface area contributed by atoms with Crippen LogP contribution in [0.4, 0.5) is 4.79 Å². The van der Waals surface area contributed by atoms with Gasteiger partial charge in [0, 0.05) is 19.5 Å². The van der Waals surface area contributed by atoms with Gasteiger partial charge in [-0.15, -0.1) is 0 Å². The predicted molar refractivity (Wildman–Crippen MR) is 122 cm³/mol. The van der Waals surface area contributed by atoms with Crippen LogP contribution in [0.2, 0.25) is 0 Å². The van der Waals surface area contributed by atoms with E-state index in [4.69, 9.17) is 9.47 Å². The van der Waals surface area contributed by atoms with Crippen molar-refractivity contribution in [3.05, 3.63) is 0 Å². The highest BCUT2D eigenvalue weighted by molar-refractivity contribution is 5.67. The molecule has 5 fully saturated rings. The van der Waals surface area contributed by atoms with Crippen molar-refractivity contribution >= 4 is 12.1 Å². The molecule has 0 aromatic rings. The van der Waals surface area contributed by atoms with Crippen LogP contribution in [0.25, 0.3) is 0 Å². The smallest absolute Gasteiger partial charge is 0.407 e. The standard InChI is InChI=1S/C26H42N2O4/c1-17(29)32-21-15-19-5-7-23-22-9-6-20(14-18(22)4-8-24(23)25(19)16-21)27-26(30)31-13-12-28-10-2-3-11-28/h18-25H,2-16H2,1H3,(H,27,30). The largest absolute Gasteiger partial charge is 0.463 e. The van der Waals surface area contributed by atoms with Crippen LogP contribution in [-0.4, -0.2) is 55.3 Å². The quantitative estimate of drug-likeness (QED) is 0.635. The molecule has 6 nitrogen and oxygen atoms in total. The summed E-state index contributed by atoms with van der Waals surface area (Å²) in [5, 5.41) is 3.18. The van der Waals surface area contributed by atoms with Crippen LogP contribution >= 0.6 is 0 Å². The van der Waals surface area contributed by atoms with Crippen molar-refractivity contribution in [3.63, 3.8) is 0 Å². The Morgan fingerprint density at radius 1 is 0.844 bits per heavy atom. The van der Waals surface area contributed by atoms with Gasteiger partial charge in [-0.3, -0.25) is 9.69 Å². The molecule has 0 spiro atoms. The van der Waals surface area contributed by atoms with E-state index >= 15 is 0 Å². The van der Waals surface area contributed by atoms with Crippen LogP contribution in [0.15, 0.2) is 0 Å². The maximum absolute atomic E-state index is 12.3. The SMILES string of the molecule is CC(=O)OC1CC2CCC3C4CCC(NC(=O)OCCN5CCCC5)CC4CCC3C2C1. The van der Waals surface area contributed by atoms with Gasteiger partial charge in [-0.1, -0.05) is 0 Å². The number of nitrogens with zero attached hydrogens (tertiary/aromatic N) is 1. The van der Waals surface area contributed by atoms with Gasteiger partial charge in [-0.05, 0) is 119 Å². The molecule has 5 aliphatic rings. The Morgan fingerprint density at radius 2 is 1.53 bits per heavy atom. The van der Waals surface area contributed by atoms with E-state index in [0.29, 0.717) is 6.61 Å². The maximum atomic E-state index is 12.3. The van der Waals surface area contributed by atoms with E-state index in [-0.39, 0.29) is 24.2 Å². The summed E-state index contributed by atoms with van der Waals surface area (Å²) >= 11 is 0. The Bertz CT molecular complexity index is 679. The summed E-state index contributed by atoms with van der Waals surface area (Å²) in [5.74, 6) is 4.67. The number of esters is 1. The molecule has 1 aliphatic heterocycles. The Hall–Kier alpha value is -1.30. The number of fused-ring (bicyclic) bond motifs is 5. The summed E-state index contributed by atoms with van der Waals surface area (Å²) in [7, 11) is 0. The molecule has 0 aromatic carbocycles. The monoisotopic (exact) mass is 446 g/mol. The summed E-state index contributed by atoms with van der Waals surface area (Å²) in [4.78, 5) is 26.1. The molecular formula is C26H42N2O4. The second kappa shape index (κ2) is 9.90. The highest BCUT2D eigenvalue weighted by atomic mass is 16.5. The molecule has 1 amide bonds. The van der Waals surface area contributed by atoms with Crippen LogP contribution in [0.5, 0.6) is 0 Å². The van der Waals surface area contributed by atoms with Gasteiger partial charge < -0.3 is 14.8 Å². The molecule has 6 heteroatoms. The Kier molecular flexibility index (Phi) is 6.96. The highest BCUT2D eigenvalue weighted by Gasteiger charge is 2.51. The number of hydrogen-bond donors (Lipinski definition) is 1. The first kappa shape index (κ1) is 22.5. The lowest BCUT2D eigenvalue weighted by Crippen LogP contribution is -2.48. The highest BCUT2D eigenvalue weighted by Crippen LogP contribution is 2.58. The molecule has 0 radical (unpaired) electrons. The van der Waals surface area contributed by atoms with Gasteiger partial charge in [0.2, 0.25) is 0 Å². The van der Waals surface area contributed by atoms with Gasteiger partial charge in [0.25, 0.3) is 0 Å².